The molecule has 1 aliphatic heterocycles. The number of nitrogens with one attached hydrogen (secondary N) is 2. The van der Waals surface area contributed by atoms with E-state index in [0.717, 1.165) is 23.7 Å². The number of benzene rings is 2. The predicted molar refractivity (Wildman–Crippen MR) is 127 cm³/mol. The summed E-state index contributed by atoms with van der Waals surface area (Å²) in [6.07, 6.45) is 0.639. The average molecular weight is 472 g/mol. The molecule has 2 heterocycles. The Morgan fingerprint density at radius 3 is 2.47 bits per heavy atom. The number of para-hydroxylation sites is 2. The predicted octanol–water partition coefficient (Wildman–Crippen LogP) is 3.36. The van der Waals surface area contributed by atoms with Gasteiger partial charge in [-0.1, -0.05) is 18.2 Å². The Labute approximate surface area is 192 Å². The van der Waals surface area contributed by atoms with Gasteiger partial charge in [-0.15, -0.1) is 11.3 Å². The van der Waals surface area contributed by atoms with E-state index in [1.807, 2.05) is 41.8 Å². The number of ether oxygens (including phenoxy) is 1. The lowest BCUT2D eigenvalue weighted by atomic mass is 10.2. The van der Waals surface area contributed by atoms with Gasteiger partial charge >= 0.3 is 0 Å². The van der Waals surface area contributed by atoms with Crippen molar-refractivity contribution in [1.29, 1.82) is 0 Å². The van der Waals surface area contributed by atoms with E-state index < -0.39 is 10.0 Å². The van der Waals surface area contributed by atoms with Crippen molar-refractivity contribution in [3.63, 3.8) is 0 Å². The highest BCUT2D eigenvalue weighted by atomic mass is 32.2. The fourth-order valence-corrected chi connectivity index (χ4v) is 5.23. The van der Waals surface area contributed by atoms with Crippen molar-refractivity contribution in [2.75, 3.05) is 43.1 Å². The molecule has 0 atom stereocenters. The second-order valence-electron chi connectivity index (χ2n) is 7.32. The van der Waals surface area contributed by atoms with Gasteiger partial charge in [0.05, 0.1) is 29.5 Å². The van der Waals surface area contributed by atoms with Crippen LogP contribution in [0.5, 0.6) is 0 Å². The molecular formula is C23H25N3O4S2. The van der Waals surface area contributed by atoms with Crippen LogP contribution in [-0.2, 0) is 21.2 Å². The first-order valence-corrected chi connectivity index (χ1v) is 12.7. The number of carbonyl (C=O) groups is 1. The lowest BCUT2D eigenvalue weighted by Crippen LogP contribution is -2.36. The lowest BCUT2D eigenvalue weighted by Gasteiger charge is -2.30. The number of hydrogen-bond donors (Lipinski definition) is 2. The zero-order valence-corrected chi connectivity index (χ0v) is 19.1. The van der Waals surface area contributed by atoms with Gasteiger partial charge < -0.3 is 15.0 Å². The summed E-state index contributed by atoms with van der Waals surface area (Å²) in [6.45, 7) is 3.15. The molecule has 2 N–H and O–H groups in total. The van der Waals surface area contributed by atoms with E-state index in [9.17, 15) is 13.2 Å². The first-order chi connectivity index (χ1) is 15.5. The Morgan fingerprint density at radius 2 is 1.75 bits per heavy atom. The maximum atomic E-state index is 12.8. The smallest absolute Gasteiger partial charge is 0.255 e. The first-order valence-electron chi connectivity index (χ1n) is 10.4. The van der Waals surface area contributed by atoms with E-state index in [0.29, 0.717) is 37.4 Å². The van der Waals surface area contributed by atoms with Crippen LogP contribution in [0.3, 0.4) is 0 Å². The summed E-state index contributed by atoms with van der Waals surface area (Å²) in [5, 5.41) is 4.91. The maximum Gasteiger partial charge on any atom is 0.255 e. The third-order valence-electron chi connectivity index (χ3n) is 5.17. The highest BCUT2D eigenvalue weighted by Crippen LogP contribution is 2.27. The van der Waals surface area contributed by atoms with Crippen LogP contribution in [0.2, 0.25) is 0 Å². The molecule has 1 aliphatic rings. The van der Waals surface area contributed by atoms with Gasteiger partial charge in [0.2, 0.25) is 10.0 Å². The lowest BCUT2D eigenvalue weighted by molar-refractivity contribution is 0.102. The van der Waals surface area contributed by atoms with Crippen LogP contribution in [0.1, 0.15) is 15.2 Å². The van der Waals surface area contributed by atoms with Crippen molar-refractivity contribution in [3.8, 4) is 0 Å². The maximum absolute atomic E-state index is 12.8. The highest BCUT2D eigenvalue weighted by molar-refractivity contribution is 7.89. The van der Waals surface area contributed by atoms with Crippen LogP contribution < -0.4 is 14.9 Å². The van der Waals surface area contributed by atoms with Crippen LogP contribution >= 0.6 is 11.3 Å². The number of anilines is 2. The number of thiophene rings is 1. The third-order valence-corrected chi connectivity index (χ3v) is 7.59. The molecule has 2 aromatic carbocycles. The molecule has 1 fully saturated rings. The van der Waals surface area contributed by atoms with E-state index >= 15 is 0 Å². The molecule has 1 saturated heterocycles. The molecule has 32 heavy (non-hydrogen) atoms. The zero-order valence-electron chi connectivity index (χ0n) is 17.5. The number of nitrogens with zero attached hydrogens (tertiary/aromatic N) is 1. The molecule has 0 aliphatic carbocycles. The van der Waals surface area contributed by atoms with Crippen molar-refractivity contribution in [3.05, 3.63) is 76.5 Å². The van der Waals surface area contributed by atoms with E-state index in [1.165, 1.54) is 24.3 Å². The van der Waals surface area contributed by atoms with E-state index in [1.54, 1.807) is 11.3 Å². The number of carbonyl (C=O) groups excluding carboxylic acids is 1. The Bertz CT molecular complexity index is 1140. The molecule has 0 bridgehead atoms. The van der Waals surface area contributed by atoms with Gasteiger partial charge in [-0.3, -0.25) is 4.79 Å². The molecular weight excluding hydrogens is 446 g/mol. The van der Waals surface area contributed by atoms with Gasteiger partial charge in [0, 0.05) is 30.1 Å². The standard InChI is InChI=1S/C23H25N3O4S2/c27-23(25-21-5-1-2-6-22(21)26-13-15-30-16-14-26)18-7-9-20(10-8-18)32(28,29)24-12-11-19-4-3-17-31-19/h1-10,17,24H,11-16H2,(H,25,27). The minimum atomic E-state index is -3.63. The van der Waals surface area contributed by atoms with Crippen LogP contribution in [-0.4, -0.2) is 47.2 Å². The van der Waals surface area contributed by atoms with Crippen LogP contribution in [0, 0.1) is 0 Å². The van der Waals surface area contributed by atoms with E-state index in [2.05, 4.69) is 14.9 Å². The van der Waals surface area contributed by atoms with Gasteiger partial charge in [-0.2, -0.15) is 0 Å². The largest absolute Gasteiger partial charge is 0.378 e. The minimum Gasteiger partial charge on any atom is -0.378 e. The SMILES string of the molecule is O=C(Nc1ccccc1N1CCOCC1)c1ccc(S(=O)(=O)NCCc2cccs2)cc1. The van der Waals surface area contributed by atoms with Crippen LogP contribution in [0.25, 0.3) is 0 Å². The summed E-state index contributed by atoms with van der Waals surface area (Å²) >= 11 is 1.60. The van der Waals surface area contributed by atoms with Crippen molar-refractivity contribution < 1.29 is 17.9 Å². The van der Waals surface area contributed by atoms with Crippen molar-refractivity contribution in [2.24, 2.45) is 0 Å². The minimum absolute atomic E-state index is 0.133. The van der Waals surface area contributed by atoms with Crippen molar-refractivity contribution in [2.45, 2.75) is 11.3 Å². The number of sulfonamides is 1. The Kier molecular flexibility index (Phi) is 7.21. The number of rotatable bonds is 8. The monoisotopic (exact) mass is 471 g/mol. The summed E-state index contributed by atoms with van der Waals surface area (Å²) < 4.78 is 33.1. The topological polar surface area (TPSA) is 87.7 Å². The van der Waals surface area contributed by atoms with Gasteiger partial charge in [-0.25, -0.2) is 13.1 Å². The van der Waals surface area contributed by atoms with Crippen molar-refractivity contribution >= 4 is 38.6 Å². The summed E-state index contributed by atoms with van der Waals surface area (Å²) in [5.74, 6) is -0.291. The third kappa shape index (κ3) is 5.55. The molecule has 1 amide bonds. The van der Waals surface area contributed by atoms with E-state index in [-0.39, 0.29) is 10.8 Å². The summed E-state index contributed by atoms with van der Waals surface area (Å²) in [6, 6.07) is 17.5. The second kappa shape index (κ2) is 10.3. The van der Waals surface area contributed by atoms with Crippen molar-refractivity contribution in [1.82, 2.24) is 4.72 Å². The number of hydrogen-bond acceptors (Lipinski definition) is 6. The summed E-state index contributed by atoms with van der Waals surface area (Å²) in [7, 11) is -3.63. The van der Waals surface area contributed by atoms with Crippen LogP contribution in [0.15, 0.2) is 70.9 Å². The molecule has 9 heteroatoms. The molecule has 0 radical (unpaired) electrons. The zero-order chi connectivity index (χ0) is 22.4. The van der Waals surface area contributed by atoms with Gasteiger partial charge in [0.1, 0.15) is 0 Å². The van der Waals surface area contributed by atoms with E-state index in [4.69, 9.17) is 4.74 Å². The normalized spacial score (nSPS) is 14.3. The fraction of sp³-hybridized carbons (Fsp3) is 0.261. The Hall–Kier alpha value is -2.72. The number of amides is 1. The molecule has 1 aromatic heterocycles. The molecule has 168 valence electrons. The molecule has 4 rings (SSSR count). The molecule has 0 unspecified atom stereocenters. The quantitative estimate of drug-likeness (QED) is 0.526. The summed E-state index contributed by atoms with van der Waals surface area (Å²) in [4.78, 5) is 16.2. The molecule has 0 saturated carbocycles. The molecule has 7 nitrogen and oxygen atoms in total. The summed E-state index contributed by atoms with van der Waals surface area (Å²) in [5.41, 5.74) is 2.05. The fourth-order valence-electron chi connectivity index (χ4n) is 3.49. The van der Waals surface area contributed by atoms with Crippen LogP contribution in [0.4, 0.5) is 11.4 Å². The second-order valence-corrected chi connectivity index (χ2v) is 10.1. The molecule has 0 spiro atoms. The Morgan fingerprint density at radius 1 is 1.00 bits per heavy atom. The molecule has 3 aromatic rings. The first kappa shape index (κ1) is 22.5. The van der Waals surface area contributed by atoms with Gasteiger partial charge in [-0.05, 0) is 54.3 Å². The number of morpholine rings is 1. The average Bonchev–Trinajstić information content (AvgIpc) is 3.33. The Balaban J connectivity index is 1.40. The van der Waals surface area contributed by atoms with Gasteiger partial charge in [0.15, 0.2) is 0 Å². The highest BCUT2D eigenvalue weighted by Gasteiger charge is 2.18. The van der Waals surface area contributed by atoms with Gasteiger partial charge in [0.25, 0.3) is 5.91 Å².